The Balaban J connectivity index is 2.19. The number of carbonyl (C=O) groups excluding carboxylic acids is 1. The van der Waals surface area contributed by atoms with Crippen LogP contribution in [-0.2, 0) is 15.3 Å². The fraction of sp³-hybridized carbons (Fsp3) is 0.125. The summed E-state index contributed by atoms with van der Waals surface area (Å²) in [6.07, 6.45) is 0.610. The van der Waals surface area contributed by atoms with Crippen LogP contribution in [0.25, 0.3) is 0 Å². The lowest BCUT2D eigenvalue weighted by molar-refractivity contribution is -0.123. The summed E-state index contributed by atoms with van der Waals surface area (Å²) in [7, 11) is 0. The first-order chi connectivity index (χ1) is 9.64. The molecule has 4 nitrogen and oxygen atoms in total. The molecule has 100 valence electrons. The molecule has 20 heavy (non-hydrogen) atoms. The molecule has 0 aliphatic carbocycles. The van der Waals surface area contributed by atoms with E-state index in [-0.39, 0.29) is 0 Å². The molecule has 0 fully saturated rings. The Labute approximate surface area is 116 Å². The van der Waals surface area contributed by atoms with Gasteiger partial charge in [-0.1, -0.05) is 36.4 Å². The van der Waals surface area contributed by atoms with Gasteiger partial charge in [-0.3, -0.25) is 10.5 Å². The van der Waals surface area contributed by atoms with Crippen LogP contribution in [0.4, 0.5) is 5.69 Å². The van der Waals surface area contributed by atoms with Gasteiger partial charge in [-0.15, -0.1) is 0 Å². The molecule has 0 saturated carbocycles. The van der Waals surface area contributed by atoms with E-state index in [4.69, 9.17) is 10.5 Å². The zero-order valence-electron chi connectivity index (χ0n) is 11.0. The Morgan fingerprint density at radius 3 is 2.60 bits per heavy atom. The number of aryl methyl sites for hydroxylation is 1. The third kappa shape index (κ3) is 1.90. The maximum atomic E-state index is 11.4. The number of aldehydes is 1. The Morgan fingerprint density at radius 2 is 1.85 bits per heavy atom. The predicted molar refractivity (Wildman–Crippen MR) is 76.8 cm³/mol. The SMILES string of the molecule is Cc1ccccc1C1=Nc2ccccc2C(N)(C=O)O1. The van der Waals surface area contributed by atoms with Crippen molar-refractivity contribution in [3.05, 3.63) is 65.2 Å². The average molecular weight is 266 g/mol. The number of fused-ring (bicyclic) bond motifs is 1. The van der Waals surface area contributed by atoms with Crippen molar-refractivity contribution in [3.8, 4) is 0 Å². The van der Waals surface area contributed by atoms with Gasteiger partial charge in [-0.05, 0) is 24.6 Å². The first kappa shape index (κ1) is 12.6. The lowest BCUT2D eigenvalue weighted by atomic mass is 10.0. The third-order valence-corrected chi connectivity index (χ3v) is 3.36. The number of carbonyl (C=O) groups is 1. The summed E-state index contributed by atoms with van der Waals surface area (Å²) < 4.78 is 5.68. The molecule has 1 unspecified atom stereocenters. The Kier molecular flexibility index (Phi) is 2.88. The molecular formula is C16H14N2O2. The van der Waals surface area contributed by atoms with E-state index < -0.39 is 5.72 Å². The maximum Gasteiger partial charge on any atom is 0.244 e. The monoisotopic (exact) mass is 266 g/mol. The molecule has 0 bridgehead atoms. The molecule has 2 aromatic carbocycles. The van der Waals surface area contributed by atoms with Crippen molar-refractivity contribution in [2.24, 2.45) is 10.7 Å². The van der Waals surface area contributed by atoms with Crippen molar-refractivity contribution in [3.63, 3.8) is 0 Å². The number of rotatable bonds is 2. The van der Waals surface area contributed by atoms with Crippen LogP contribution < -0.4 is 5.73 Å². The average Bonchev–Trinajstić information content (AvgIpc) is 2.48. The number of aliphatic imine (C=N–C) groups is 1. The number of para-hydroxylation sites is 1. The summed E-state index contributed by atoms with van der Waals surface area (Å²) in [5.41, 5.74) is 7.67. The standard InChI is InChI=1S/C16H14N2O2/c1-11-6-2-3-7-12(11)15-18-14-9-5-4-8-13(14)16(17,10-19)20-15/h2-10H,17H2,1H3. The first-order valence-corrected chi connectivity index (χ1v) is 6.32. The molecule has 0 spiro atoms. The molecule has 4 heteroatoms. The summed E-state index contributed by atoms with van der Waals surface area (Å²) in [6.45, 7) is 1.96. The number of ether oxygens (including phenoxy) is 1. The molecular weight excluding hydrogens is 252 g/mol. The van der Waals surface area contributed by atoms with Crippen molar-refractivity contribution in [2.75, 3.05) is 0 Å². The molecule has 2 N–H and O–H groups in total. The van der Waals surface area contributed by atoms with Gasteiger partial charge >= 0.3 is 0 Å². The van der Waals surface area contributed by atoms with E-state index >= 15 is 0 Å². The molecule has 1 aliphatic rings. The number of hydrogen-bond acceptors (Lipinski definition) is 4. The van der Waals surface area contributed by atoms with Gasteiger partial charge < -0.3 is 4.74 Å². The highest BCUT2D eigenvalue weighted by Gasteiger charge is 2.37. The molecule has 1 aliphatic heterocycles. The zero-order chi connectivity index (χ0) is 14.2. The van der Waals surface area contributed by atoms with Gasteiger partial charge in [0.1, 0.15) is 0 Å². The van der Waals surface area contributed by atoms with Crippen molar-refractivity contribution < 1.29 is 9.53 Å². The van der Waals surface area contributed by atoms with Crippen molar-refractivity contribution in [2.45, 2.75) is 12.6 Å². The van der Waals surface area contributed by atoms with Crippen LogP contribution in [0.2, 0.25) is 0 Å². The lowest BCUT2D eigenvalue weighted by Crippen LogP contribution is -2.45. The fourth-order valence-corrected chi connectivity index (χ4v) is 2.26. The van der Waals surface area contributed by atoms with E-state index in [9.17, 15) is 4.79 Å². The van der Waals surface area contributed by atoms with E-state index in [0.717, 1.165) is 11.1 Å². The summed E-state index contributed by atoms with van der Waals surface area (Å²) >= 11 is 0. The summed E-state index contributed by atoms with van der Waals surface area (Å²) in [6, 6.07) is 14.9. The van der Waals surface area contributed by atoms with Gasteiger partial charge in [0.2, 0.25) is 11.6 Å². The smallest absolute Gasteiger partial charge is 0.244 e. The van der Waals surface area contributed by atoms with Crippen molar-refractivity contribution >= 4 is 17.9 Å². The minimum Gasteiger partial charge on any atom is -0.444 e. The second-order valence-corrected chi connectivity index (χ2v) is 4.76. The number of nitrogens with zero attached hydrogens (tertiary/aromatic N) is 1. The Morgan fingerprint density at radius 1 is 1.15 bits per heavy atom. The third-order valence-electron chi connectivity index (χ3n) is 3.36. The normalized spacial score (nSPS) is 20.6. The molecule has 0 aromatic heterocycles. The van der Waals surface area contributed by atoms with Gasteiger partial charge in [0.05, 0.1) is 5.69 Å². The van der Waals surface area contributed by atoms with Crippen LogP contribution in [0.3, 0.4) is 0 Å². The number of benzene rings is 2. The quantitative estimate of drug-likeness (QED) is 0.849. The van der Waals surface area contributed by atoms with Gasteiger partial charge in [0.25, 0.3) is 0 Å². The van der Waals surface area contributed by atoms with Crippen LogP contribution in [0, 0.1) is 6.92 Å². The highest BCUT2D eigenvalue weighted by Crippen LogP contribution is 2.34. The van der Waals surface area contributed by atoms with Crippen LogP contribution in [0.1, 0.15) is 16.7 Å². The molecule has 0 radical (unpaired) electrons. The van der Waals surface area contributed by atoms with Crippen molar-refractivity contribution in [1.29, 1.82) is 0 Å². The summed E-state index contributed by atoms with van der Waals surface area (Å²) in [5, 5.41) is 0. The van der Waals surface area contributed by atoms with Crippen molar-refractivity contribution in [1.82, 2.24) is 0 Å². The molecule has 3 rings (SSSR count). The van der Waals surface area contributed by atoms with Crippen LogP contribution in [0.15, 0.2) is 53.5 Å². The zero-order valence-corrected chi connectivity index (χ0v) is 11.0. The minimum absolute atomic E-state index is 0.372. The number of nitrogens with two attached hydrogens (primary N) is 1. The second-order valence-electron chi connectivity index (χ2n) is 4.76. The van der Waals surface area contributed by atoms with Gasteiger partial charge in [0.15, 0.2) is 6.29 Å². The van der Waals surface area contributed by atoms with E-state index in [0.29, 0.717) is 23.4 Å². The highest BCUT2D eigenvalue weighted by atomic mass is 16.5. The molecule has 0 amide bonds. The largest absolute Gasteiger partial charge is 0.444 e. The Hall–Kier alpha value is -2.46. The van der Waals surface area contributed by atoms with Crippen LogP contribution >= 0.6 is 0 Å². The van der Waals surface area contributed by atoms with E-state index in [1.165, 1.54) is 0 Å². The van der Waals surface area contributed by atoms with Gasteiger partial charge in [0, 0.05) is 11.1 Å². The van der Waals surface area contributed by atoms with Crippen LogP contribution in [-0.4, -0.2) is 12.2 Å². The summed E-state index contributed by atoms with van der Waals surface area (Å²) in [5.74, 6) is 0.372. The van der Waals surface area contributed by atoms with E-state index in [2.05, 4.69) is 4.99 Å². The maximum absolute atomic E-state index is 11.4. The minimum atomic E-state index is -1.49. The van der Waals surface area contributed by atoms with Crippen LogP contribution in [0.5, 0.6) is 0 Å². The molecule has 2 aromatic rings. The topological polar surface area (TPSA) is 64.7 Å². The Bertz CT molecular complexity index is 709. The van der Waals surface area contributed by atoms with Gasteiger partial charge in [-0.25, -0.2) is 4.99 Å². The first-order valence-electron chi connectivity index (χ1n) is 6.32. The van der Waals surface area contributed by atoms with E-state index in [1.54, 1.807) is 6.07 Å². The molecule has 0 saturated heterocycles. The fourth-order valence-electron chi connectivity index (χ4n) is 2.26. The molecule has 1 atom stereocenters. The van der Waals surface area contributed by atoms with E-state index in [1.807, 2.05) is 49.4 Å². The molecule has 1 heterocycles. The highest BCUT2D eigenvalue weighted by molar-refractivity contribution is 6.00. The predicted octanol–water partition coefficient (Wildman–Crippen LogP) is 2.41. The van der Waals surface area contributed by atoms with Gasteiger partial charge in [-0.2, -0.15) is 0 Å². The summed E-state index contributed by atoms with van der Waals surface area (Å²) in [4.78, 5) is 15.9. The number of hydrogen-bond donors (Lipinski definition) is 1. The lowest BCUT2D eigenvalue weighted by Gasteiger charge is -2.30. The second kappa shape index (κ2) is 4.58.